The predicted molar refractivity (Wildman–Crippen MR) is 93.1 cm³/mol. The summed E-state index contributed by atoms with van der Waals surface area (Å²) in [5, 5.41) is 3.52. The van der Waals surface area contributed by atoms with Crippen LogP contribution in [0.3, 0.4) is 0 Å². The van der Waals surface area contributed by atoms with Crippen LogP contribution in [0.4, 0.5) is 0 Å². The molecule has 5 nitrogen and oxygen atoms in total. The first-order valence-electron chi connectivity index (χ1n) is 7.97. The minimum Gasteiger partial charge on any atom is -0.496 e. The van der Waals surface area contributed by atoms with Crippen molar-refractivity contribution >= 4 is 12.4 Å². The van der Waals surface area contributed by atoms with Crippen molar-refractivity contribution in [1.82, 2.24) is 10.2 Å². The number of piperidine rings is 1. The summed E-state index contributed by atoms with van der Waals surface area (Å²) in [7, 11) is 5.02. The van der Waals surface area contributed by atoms with Gasteiger partial charge in [-0.2, -0.15) is 0 Å². The van der Waals surface area contributed by atoms with Crippen LogP contribution in [0.5, 0.6) is 17.2 Å². The number of nitrogens with zero attached hydrogens (tertiary/aromatic N) is 1. The van der Waals surface area contributed by atoms with Crippen molar-refractivity contribution in [2.45, 2.75) is 13.0 Å². The summed E-state index contributed by atoms with van der Waals surface area (Å²) in [5.41, 5.74) is 1.16. The Morgan fingerprint density at radius 1 is 1.00 bits per heavy atom. The SMILES string of the molecule is COc1cc(OC)c(OC)cc1CN1CCC2CNCC2C1.Cl. The van der Waals surface area contributed by atoms with E-state index in [9.17, 15) is 0 Å². The fraction of sp³-hybridized carbons (Fsp3) is 0.647. The average Bonchev–Trinajstić information content (AvgIpc) is 3.02. The minimum absolute atomic E-state index is 0. The molecule has 0 radical (unpaired) electrons. The second-order valence-electron chi connectivity index (χ2n) is 6.22. The maximum Gasteiger partial charge on any atom is 0.164 e. The zero-order chi connectivity index (χ0) is 15.5. The summed E-state index contributed by atoms with van der Waals surface area (Å²) >= 11 is 0. The zero-order valence-electron chi connectivity index (χ0n) is 14.1. The lowest BCUT2D eigenvalue weighted by Gasteiger charge is -2.34. The van der Waals surface area contributed by atoms with Crippen LogP contribution >= 0.6 is 12.4 Å². The Morgan fingerprint density at radius 2 is 1.65 bits per heavy atom. The third-order valence-electron chi connectivity index (χ3n) is 4.97. The summed E-state index contributed by atoms with van der Waals surface area (Å²) in [5.74, 6) is 3.99. The number of hydrogen-bond acceptors (Lipinski definition) is 5. The first-order valence-corrected chi connectivity index (χ1v) is 7.97. The van der Waals surface area contributed by atoms with E-state index in [2.05, 4.69) is 10.2 Å². The van der Waals surface area contributed by atoms with Crippen LogP contribution in [0, 0.1) is 11.8 Å². The lowest BCUT2D eigenvalue weighted by atomic mass is 9.88. The molecule has 2 unspecified atom stereocenters. The Balaban J connectivity index is 0.00000192. The molecule has 2 aliphatic heterocycles. The fourth-order valence-electron chi connectivity index (χ4n) is 3.71. The number of rotatable bonds is 5. The minimum atomic E-state index is 0. The van der Waals surface area contributed by atoms with Gasteiger partial charge >= 0.3 is 0 Å². The summed E-state index contributed by atoms with van der Waals surface area (Å²) in [6.07, 6.45) is 1.28. The largest absolute Gasteiger partial charge is 0.496 e. The number of benzene rings is 1. The highest BCUT2D eigenvalue weighted by atomic mass is 35.5. The van der Waals surface area contributed by atoms with E-state index in [-0.39, 0.29) is 12.4 Å². The van der Waals surface area contributed by atoms with E-state index in [0.717, 1.165) is 55.1 Å². The first kappa shape index (κ1) is 18.2. The van der Waals surface area contributed by atoms with E-state index in [1.807, 2.05) is 12.1 Å². The molecule has 0 amide bonds. The zero-order valence-corrected chi connectivity index (χ0v) is 14.9. The normalized spacial score (nSPS) is 23.8. The first-order chi connectivity index (χ1) is 10.7. The van der Waals surface area contributed by atoms with Gasteiger partial charge in [0.05, 0.1) is 21.3 Å². The van der Waals surface area contributed by atoms with Gasteiger partial charge in [0.15, 0.2) is 11.5 Å². The summed E-state index contributed by atoms with van der Waals surface area (Å²) in [6.45, 7) is 5.56. The molecule has 2 aliphatic rings. The molecular formula is C17H27ClN2O3. The number of fused-ring (bicyclic) bond motifs is 1. The molecule has 23 heavy (non-hydrogen) atoms. The molecule has 2 atom stereocenters. The third-order valence-corrected chi connectivity index (χ3v) is 4.97. The van der Waals surface area contributed by atoms with Crippen LogP contribution in [-0.4, -0.2) is 52.4 Å². The highest BCUT2D eigenvalue weighted by Gasteiger charge is 2.32. The molecule has 0 saturated carbocycles. The molecule has 1 N–H and O–H groups in total. The van der Waals surface area contributed by atoms with Crippen LogP contribution < -0.4 is 19.5 Å². The van der Waals surface area contributed by atoms with Gasteiger partial charge in [-0.1, -0.05) is 0 Å². The van der Waals surface area contributed by atoms with Gasteiger partial charge in [0.25, 0.3) is 0 Å². The predicted octanol–water partition coefficient (Wildman–Crippen LogP) is 2.18. The Morgan fingerprint density at radius 3 is 2.35 bits per heavy atom. The second kappa shape index (κ2) is 8.08. The van der Waals surface area contributed by atoms with E-state index in [0.29, 0.717) is 5.75 Å². The maximum absolute atomic E-state index is 5.54. The summed E-state index contributed by atoms with van der Waals surface area (Å²) in [4.78, 5) is 2.53. The maximum atomic E-state index is 5.54. The smallest absolute Gasteiger partial charge is 0.164 e. The molecule has 3 rings (SSSR count). The van der Waals surface area contributed by atoms with Crippen molar-refractivity contribution < 1.29 is 14.2 Å². The van der Waals surface area contributed by atoms with Crippen LogP contribution in [-0.2, 0) is 6.54 Å². The van der Waals surface area contributed by atoms with Crippen molar-refractivity contribution in [1.29, 1.82) is 0 Å². The molecule has 130 valence electrons. The van der Waals surface area contributed by atoms with Crippen molar-refractivity contribution in [3.05, 3.63) is 17.7 Å². The van der Waals surface area contributed by atoms with Gasteiger partial charge in [-0.15, -0.1) is 12.4 Å². The number of halogens is 1. The average molecular weight is 343 g/mol. The molecule has 0 bridgehead atoms. The number of likely N-dealkylation sites (tertiary alicyclic amines) is 1. The van der Waals surface area contributed by atoms with E-state index in [4.69, 9.17) is 14.2 Å². The molecule has 2 fully saturated rings. The standard InChI is InChI=1S/C17H26N2O3.ClH/c1-20-15-7-17(22-3)16(21-2)6-13(15)10-19-5-4-12-8-18-9-14(12)11-19;/h6-7,12,14,18H,4-5,8-11H2,1-3H3;1H. The Hall–Kier alpha value is -1.17. The van der Waals surface area contributed by atoms with Gasteiger partial charge < -0.3 is 19.5 Å². The molecule has 1 aromatic rings. The molecule has 6 heteroatoms. The molecule has 0 aromatic heterocycles. The van der Waals surface area contributed by atoms with E-state index >= 15 is 0 Å². The molecule has 0 spiro atoms. The van der Waals surface area contributed by atoms with E-state index in [1.54, 1.807) is 21.3 Å². The molecular weight excluding hydrogens is 316 g/mol. The number of methoxy groups -OCH3 is 3. The topological polar surface area (TPSA) is 43.0 Å². The molecule has 1 aromatic carbocycles. The lowest BCUT2D eigenvalue weighted by Crippen LogP contribution is -2.39. The van der Waals surface area contributed by atoms with Gasteiger partial charge in [0, 0.05) is 24.7 Å². The molecule has 0 aliphatic carbocycles. The van der Waals surface area contributed by atoms with Gasteiger partial charge in [-0.25, -0.2) is 0 Å². The highest BCUT2D eigenvalue weighted by molar-refractivity contribution is 5.85. The monoisotopic (exact) mass is 342 g/mol. The lowest BCUT2D eigenvalue weighted by molar-refractivity contribution is 0.141. The Labute approximate surface area is 144 Å². The Kier molecular flexibility index (Phi) is 6.39. The van der Waals surface area contributed by atoms with Gasteiger partial charge in [-0.05, 0) is 44.0 Å². The van der Waals surface area contributed by atoms with Crippen LogP contribution in [0.1, 0.15) is 12.0 Å². The van der Waals surface area contributed by atoms with Crippen molar-refractivity contribution in [2.75, 3.05) is 47.5 Å². The van der Waals surface area contributed by atoms with E-state index < -0.39 is 0 Å². The Bertz CT molecular complexity index is 527. The fourth-order valence-corrected chi connectivity index (χ4v) is 3.71. The van der Waals surface area contributed by atoms with Gasteiger partial charge in [0.2, 0.25) is 0 Å². The van der Waals surface area contributed by atoms with Crippen molar-refractivity contribution in [2.24, 2.45) is 11.8 Å². The van der Waals surface area contributed by atoms with Crippen molar-refractivity contribution in [3.63, 3.8) is 0 Å². The van der Waals surface area contributed by atoms with Gasteiger partial charge in [0.1, 0.15) is 5.75 Å². The van der Waals surface area contributed by atoms with Crippen molar-refractivity contribution in [3.8, 4) is 17.2 Å². The van der Waals surface area contributed by atoms with Gasteiger partial charge in [-0.3, -0.25) is 4.90 Å². The summed E-state index contributed by atoms with van der Waals surface area (Å²) in [6, 6.07) is 3.95. The highest BCUT2D eigenvalue weighted by Crippen LogP contribution is 2.36. The number of hydrogen-bond donors (Lipinski definition) is 1. The number of ether oxygens (including phenoxy) is 3. The van der Waals surface area contributed by atoms with E-state index in [1.165, 1.54) is 13.0 Å². The number of nitrogens with one attached hydrogen (secondary N) is 1. The van der Waals surface area contributed by atoms with Crippen LogP contribution in [0.15, 0.2) is 12.1 Å². The molecule has 2 saturated heterocycles. The second-order valence-corrected chi connectivity index (χ2v) is 6.22. The van der Waals surface area contributed by atoms with Crippen LogP contribution in [0.2, 0.25) is 0 Å². The third kappa shape index (κ3) is 3.84. The summed E-state index contributed by atoms with van der Waals surface area (Å²) < 4.78 is 16.3. The van der Waals surface area contributed by atoms with Crippen LogP contribution in [0.25, 0.3) is 0 Å². The quantitative estimate of drug-likeness (QED) is 0.888. The molecule has 2 heterocycles.